The Kier molecular flexibility index (Phi) is 5.10. The Hall–Kier alpha value is -2.32. The zero-order chi connectivity index (χ0) is 17.9. The van der Waals surface area contributed by atoms with Gasteiger partial charge in [-0.05, 0) is 30.5 Å². The molecule has 0 radical (unpaired) electrons. The summed E-state index contributed by atoms with van der Waals surface area (Å²) in [6.07, 6.45) is 0. The summed E-state index contributed by atoms with van der Waals surface area (Å²) in [5.74, 6) is -0.189. The first kappa shape index (κ1) is 17.5. The SMILES string of the molecule is CC1(CSc2ccccc2C(=O)NCc2cccs2)NC(=O)NC1=O. The van der Waals surface area contributed by atoms with Gasteiger partial charge in [0, 0.05) is 15.5 Å². The minimum absolute atomic E-state index is 0.165. The lowest BCUT2D eigenvalue weighted by Crippen LogP contribution is -2.46. The normalized spacial score (nSPS) is 19.4. The minimum Gasteiger partial charge on any atom is -0.347 e. The zero-order valence-electron chi connectivity index (χ0n) is 13.5. The van der Waals surface area contributed by atoms with Crippen LogP contribution in [0.1, 0.15) is 22.2 Å². The monoisotopic (exact) mass is 375 g/mol. The maximum atomic E-state index is 12.5. The third kappa shape index (κ3) is 4.02. The van der Waals surface area contributed by atoms with Crippen LogP contribution in [0.4, 0.5) is 4.79 Å². The van der Waals surface area contributed by atoms with Gasteiger partial charge in [0.2, 0.25) is 0 Å². The molecule has 2 heterocycles. The molecule has 1 unspecified atom stereocenters. The molecule has 0 spiro atoms. The molecular weight excluding hydrogens is 358 g/mol. The molecule has 1 fully saturated rings. The third-order valence-corrected chi connectivity index (χ3v) is 6.03. The van der Waals surface area contributed by atoms with Crippen molar-refractivity contribution < 1.29 is 14.4 Å². The van der Waals surface area contributed by atoms with E-state index in [1.165, 1.54) is 11.8 Å². The smallest absolute Gasteiger partial charge is 0.322 e. The molecule has 0 aliphatic carbocycles. The average Bonchev–Trinajstić information content (AvgIpc) is 3.19. The minimum atomic E-state index is -0.984. The van der Waals surface area contributed by atoms with Crippen LogP contribution in [0.2, 0.25) is 0 Å². The van der Waals surface area contributed by atoms with Crippen molar-refractivity contribution in [3.05, 3.63) is 52.2 Å². The zero-order valence-corrected chi connectivity index (χ0v) is 15.1. The molecule has 3 rings (SSSR count). The lowest BCUT2D eigenvalue weighted by molar-refractivity contribution is -0.122. The second-order valence-electron chi connectivity index (χ2n) is 5.79. The van der Waals surface area contributed by atoms with Crippen LogP contribution in [0.15, 0.2) is 46.7 Å². The van der Waals surface area contributed by atoms with Gasteiger partial charge in [-0.3, -0.25) is 14.9 Å². The van der Waals surface area contributed by atoms with Crippen molar-refractivity contribution in [1.82, 2.24) is 16.0 Å². The fourth-order valence-electron chi connectivity index (χ4n) is 2.36. The second kappa shape index (κ2) is 7.28. The molecule has 3 N–H and O–H groups in total. The molecule has 1 aliphatic heterocycles. The summed E-state index contributed by atoms with van der Waals surface area (Å²) < 4.78 is 0. The van der Waals surface area contributed by atoms with Crippen molar-refractivity contribution in [1.29, 1.82) is 0 Å². The number of thiophene rings is 1. The van der Waals surface area contributed by atoms with Crippen molar-refractivity contribution >= 4 is 40.9 Å². The van der Waals surface area contributed by atoms with E-state index in [2.05, 4.69) is 16.0 Å². The van der Waals surface area contributed by atoms with Gasteiger partial charge < -0.3 is 10.6 Å². The summed E-state index contributed by atoms with van der Waals surface area (Å²) in [6, 6.07) is 10.6. The molecular formula is C17H17N3O3S2. The van der Waals surface area contributed by atoms with E-state index in [0.29, 0.717) is 17.9 Å². The molecule has 130 valence electrons. The van der Waals surface area contributed by atoms with Crippen LogP contribution < -0.4 is 16.0 Å². The number of imide groups is 1. The molecule has 1 atom stereocenters. The molecule has 0 bridgehead atoms. The van der Waals surface area contributed by atoms with E-state index in [4.69, 9.17) is 0 Å². The Morgan fingerprint density at radius 2 is 2.04 bits per heavy atom. The van der Waals surface area contributed by atoms with Gasteiger partial charge >= 0.3 is 6.03 Å². The Labute approximate surface area is 153 Å². The highest BCUT2D eigenvalue weighted by atomic mass is 32.2. The molecule has 1 aromatic carbocycles. The van der Waals surface area contributed by atoms with E-state index in [9.17, 15) is 14.4 Å². The number of nitrogens with one attached hydrogen (secondary N) is 3. The van der Waals surface area contributed by atoms with Gasteiger partial charge in [0.05, 0.1) is 12.1 Å². The molecule has 0 saturated carbocycles. The fourth-order valence-corrected chi connectivity index (χ4v) is 4.14. The number of carbonyl (C=O) groups is 3. The van der Waals surface area contributed by atoms with E-state index < -0.39 is 11.6 Å². The lowest BCUT2D eigenvalue weighted by atomic mass is 10.1. The van der Waals surface area contributed by atoms with Crippen LogP contribution in [0.25, 0.3) is 0 Å². The molecule has 1 aromatic heterocycles. The number of urea groups is 1. The van der Waals surface area contributed by atoms with Gasteiger partial charge in [-0.15, -0.1) is 23.1 Å². The summed E-state index contributed by atoms with van der Waals surface area (Å²) in [5, 5.41) is 9.73. The van der Waals surface area contributed by atoms with Crippen LogP contribution >= 0.6 is 23.1 Å². The number of amides is 4. The second-order valence-corrected chi connectivity index (χ2v) is 7.84. The highest BCUT2D eigenvalue weighted by molar-refractivity contribution is 7.99. The highest BCUT2D eigenvalue weighted by Gasteiger charge is 2.41. The van der Waals surface area contributed by atoms with Gasteiger partial charge in [0.1, 0.15) is 5.54 Å². The standard InChI is InChI=1S/C17H17N3O3S2/c1-17(15(22)19-16(23)20-17)10-25-13-7-3-2-6-12(13)14(21)18-9-11-5-4-8-24-11/h2-8H,9-10H2,1H3,(H,18,21)(H2,19,20,22,23). The molecule has 1 aliphatic rings. The number of thioether (sulfide) groups is 1. The largest absolute Gasteiger partial charge is 0.347 e. The first-order chi connectivity index (χ1) is 12.0. The Morgan fingerprint density at radius 3 is 2.72 bits per heavy atom. The number of hydrogen-bond acceptors (Lipinski definition) is 5. The predicted molar refractivity (Wildman–Crippen MR) is 97.7 cm³/mol. The molecule has 6 nitrogen and oxygen atoms in total. The third-order valence-electron chi connectivity index (χ3n) is 3.77. The summed E-state index contributed by atoms with van der Waals surface area (Å²) in [4.78, 5) is 37.6. The Morgan fingerprint density at radius 1 is 1.24 bits per heavy atom. The van der Waals surface area contributed by atoms with E-state index >= 15 is 0 Å². The van der Waals surface area contributed by atoms with Gasteiger partial charge in [-0.25, -0.2) is 4.79 Å². The average molecular weight is 375 g/mol. The van der Waals surface area contributed by atoms with E-state index in [1.54, 1.807) is 30.4 Å². The Bertz CT molecular complexity index is 807. The van der Waals surface area contributed by atoms with Gasteiger partial charge in [-0.2, -0.15) is 0 Å². The van der Waals surface area contributed by atoms with Gasteiger partial charge in [-0.1, -0.05) is 18.2 Å². The van der Waals surface area contributed by atoms with Crippen LogP contribution in [-0.2, 0) is 11.3 Å². The van der Waals surface area contributed by atoms with Crippen LogP contribution in [-0.4, -0.2) is 29.1 Å². The van der Waals surface area contributed by atoms with Gasteiger partial charge in [0.25, 0.3) is 11.8 Å². The van der Waals surface area contributed by atoms with Crippen LogP contribution in [0.5, 0.6) is 0 Å². The summed E-state index contributed by atoms with van der Waals surface area (Å²) in [6.45, 7) is 2.14. The molecule has 25 heavy (non-hydrogen) atoms. The highest BCUT2D eigenvalue weighted by Crippen LogP contribution is 2.27. The maximum Gasteiger partial charge on any atom is 0.322 e. The summed E-state index contributed by atoms with van der Waals surface area (Å²) in [7, 11) is 0. The maximum absolute atomic E-state index is 12.5. The number of hydrogen-bond donors (Lipinski definition) is 3. The van der Waals surface area contributed by atoms with Crippen molar-refractivity contribution in [2.45, 2.75) is 23.9 Å². The van der Waals surface area contributed by atoms with E-state index in [1.807, 2.05) is 29.6 Å². The quantitative estimate of drug-likeness (QED) is 0.534. The van der Waals surface area contributed by atoms with Gasteiger partial charge in [0.15, 0.2) is 0 Å². The van der Waals surface area contributed by atoms with Crippen molar-refractivity contribution in [2.75, 3.05) is 5.75 Å². The first-order valence-electron chi connectivity index (χ1n) is 7.64. The van der Waals surface area contributed by atoms with Crippen LogP contribution in [0.3, 0.4) is 0 Å². The van der Waals surface area contributed by atoms with Crippen molar-refractivity contribution in [3.8, 4) is 0 Å². The lowest BCUT2D eigenvalue weighted by Gasteiger charge is -2.20. The van der Waals surface area contributed by atoms with Crippen molar-refractivity contribution in [2.24, 2.45) is 0 Å². The Balaban J connectivity index is 1.67. The number of benzene rings is 1. The molecule has 8 heteroatoms. The first-order valence-corrected chi connectivity index (χ1v) is 9.50. The molecule has 2 aromatic rings. The van der Waals surface area contributed by atoms with Crippen LogP contribution in [0, 0.1) is 0 Å². The predicted octanol–water partition coefficient (Wildman–Crippen LogP) is 2.37. The fraction of sp³-hybridized carbons (Fsp3) is 0.235. The topological polar surface area (TPSA) is 87.3 Å². The summed E-state index contributed by atoms with van der Waals surface area (Å²) >= 11 is 2.95. The molecule has 1 saturated heterocycles. The van der Waals surface area contributed by atoms with E-state index in [0.717, 1.165) is 9.77 Å². The van der Waals surface area contributed by atoms with Crippen molar-refractivity contribution in [3.63, 3.8) is 0 Å². The summed E-state index contributed by atoms with van der Waals surface area (Å²) in [5.41, 5.74) is -0.431. The number of carbonyl (C=O) groups excluding carboxylic acids is 3. The van der Waals surface area contributed by atoms with E-state index in [-0.39, 0.29) is 11.8 Å². The number of rotatable bonds is 6. The molecule has 4 amide bonds.